The zero-order valence-corrected chi connectivity index (χ0v) is 17.7. The van der Waals surface area contributed by atoms with Gasteiger partial charge in [-0.2, -0.15) is 0 Å². The molecule has 4 aromatic rings. The van der Waals surface area contributed by atoms with Crippen LogP contribution in [-0.2, 0) is 13.0 Å². The lowest BCUT2D eigenvalue weighted by atomic mass is 10.2. The highest BCUT2D eigenvalue weighted by atomic mass is 16.5. The first kappa shape index (κ1) is 21.2. The third-order valence-corrected chi connectivity index (χ3v) is 4.98. The summed E-state index contributed by atoms with van der Waals surface area (Å²) in [6, 6.07) is 34.7. The van der Waals surface area contributed by atoms with Crippen molar-refractivity contribution in [3.8, 4) is 11.5 Å². The lowest BCUT2D eigenvalue weighted by molar-refractivity contribution is 0.102. The first-order valence-corrected chi connectivity index (χ1v) is 10.6. The molecule has 1 N–H and O–H groups in total. The Morgan fingerprint density at radius 2 is 1.19 bits per heavy atom. The van der Waals surface area contributed by atoms with Gasteiger partial charge in [0.2, 0.25) is 0 Å². The molecule has 4 heteroatoms. The van der Waals surface area contributed by atoms with Crippen molar-refractivity contribution < 1.29 is 14.3 Å². The highest BCUT2D eigenvalue weighted by molar-refractivity contribution is 6.04. The normalized spacial score (nSPS) is 10.4. The van der Waals surface area contributed by atoms with Crippen LogP contribution in [0, 0.1) is 0 Å². The van der Waals surface area contributed by atoms with Gasteiger partial charge in [-0.15, -0.1) is 0 Å². The van der Waals surface area contributed by atoms with Crippen molar-refractivity contribution >= 4 is 11.6 Å². The molecular weight excluding hydrogens is 398 g/mol. The van der Waals surface area contributed by atoms with Crippen LogP contribution in [0.3, 0.4) is 0 Å². The SMILES string of the molecule is O=C(Nc1ccc(OCCc2ccccc2)cc1)c1ccc(OCc2ccccc2)cc1. The van der Waals surface area contributed by atoms with Gasteiger partial charge in [0.1, 0.15) is 18.1 Å². The Labute approximate surface area is 188 Å². The number of rotatable bonds is 9. The quantitative estimate of drug-likeness (QED) is 0.352. The monoisotopic (exact) mass is 423 g/mol. The molecule has 32 heavy (non-hydrogen) atoms. The van der Waals surface area contributed by atoms with E-state index < -0.39 is 0 Å². The van der Waals surface area contributed by atoms with Gasteiger partial charge < -0.3 is 14.8 Å². The fraction of sp³-hybridized carbons (Fsp3) is 0.107. The number of benzene rings is 4. The molecule has 0 bridgehead atoms. The molecule has 4 aromatic carbocycles. The zero-order valence-electron chi connectivity index (χ0n) is 17.7. The summed E-state index contributed by atoms with van der Waals surface area (Å²) < 4.78 is 11.6. The largest absolute Gasteiger partial charge is 0.493 e. The summed E-state index contributed by atoms with van der Waals surface area (Å²) in [5.74, 6) is 1.33. The van der Waals surface area contributed by atoms with Crippen LogP contribution in [0.4, 0.5) is 5.69 Å². The minimum atomic E-state index is -0.169. The number of carbonyl (C=O) groups is 1. The maximum atomic E-state index is 12.5. The molecule has 0 saturated carbocycles. The molecule has 0 spiro atoms. The topological polar surface area (TPSA) is 47.6 Å². The summed E-state index contributed by atoms with van der Waals surface area (Å²) in [5, 5.41) is 2.91. The average Bonchev–Trinajstić information content (AvgIpc) is 2.85. The predicted octanol–water partition coefficient (Wildman–Crippen LogP) is 6.14. The number of carbonyl (C=O) groups excluding carboxylic acids is 1. The minimum absolute atomic E-state index is 0.169. The summed E-state index contributed by atoms with van der Waals surface area (Å²) in [7, 11) is 0. The summed E-state index contributed by atoms with van der Waals surface area (Å²) >= 11 is 0. The Morgan fingerprint density at radius 3 is 1.84 bits per heavy atom. The molecule has 0 radical (unpaired) electrons. The molecule has 0 saturated heterocycles. The molecule has 4 nitrogen and oxygen atoms in total. The van der Waals surface area contributed by atoms with E-state index in [0.29, 0.717) is 18.8 Å². The maximum Gasteiger partial charge on any atom is 0.255 e. The lowest BCUT2D eigenvalue weighted by Crippen LogP contribution is -2.11. The molecule has 0 aliphatic heterocycles. The van der Waals surface area contributed by atoms with Crippen molar-refractivity contribution in [2.24, 2.45) is 0 Å². The number of anilines is 1. The lowest BCUT2D eigenvalue weighted by Gasteiger charge is -2.10. The molecular formula is C28H25NO3. The molecule has 0 aliphatic carbocycles. The van der Waals surface area contributed by atoms with Crippen molar-refractivity contribution in [3.05, 3.63) is 126 Å². The molecule has 0 aromatic heterocycles. The third-order valence-electron chi connectivity index (χ3n) is 4.98. The van der Waals surface area contributed by atoms with Gasteiger partial charge in [-0.1, -0.05) is 60.7 Å². The first-order chi connectivity index (χ1) is 15.8. The Balaban J connectivity index is 1.25. The molecule has 4 rings (SSSR count). The van der Waals surface area contributed by atoms with Gasteiger partial charge in [0, 0.05) is 17.7 Å². The Bertz CT molecular complexity index is 1110. The van der Waals surface area contributed by atoms with Gasteiger partial charge in [0.05, 0.1) is 6.61 Å². The fourth-order valence-electron chi connectivity index (χ4n) is 3.21. The van der Waals surface area contributed by atoms with E-state index in [2.05, 4.69) is 17.4 Å². The average molecular weight is 424 g/mol. The van der Waals surface area contributed by atoms with Crippen molar-refractivity contribution in [3.63, 3.8) is 0 Å². The van der Waals surface area contributed by atoms with Crippen molar-refractivity contribution in [2.75, 3.05) is 11.9 Å². The minimum Gasteiger partial charge on any atom is -0.493 e. The van der Waals surface area contributed by atoms with E-state index in [-0.39, 0.29) is 5.91 Å². The Kier molecular flexibility index (Phi) is 7.17. The summed E-state index contributed by atoms with van der Waals surface area (Å²) in [6.07, 6.45) is 0.852. The number of hydrogen-bond acceptors (Lipinski definition) is 3. The van der Waals surface area contributed by atoms with E-state index in [1.165, 1.54) is 5.56 Å². The van der Waals surface area contributed by atoms with Crippen LogP contribution in [0.25, 0.3) is 0 Å². The second-order valence-electron chi connectivity index (χ2n) is 7.36. The van der Waals surface area contributed by atoms with Crippen molar-refractivity contribution in [1.82, 2.24) is 0 Å². The van der Waals surface area contributed by atoms with Gasteiger partial charge in [-0.05, 0) is 59.7 Å². The van der Waals surface area contributed by atoms with Crippen LogP contribution in [0.15, 0.2) is 109 Å². The van der Waals surface area contributed by atoms with E-state index >= 15 is 0 Å². The summed E-state index contributed by atoms with van der Waals surface area (Å²) in [4.78, 5) is 12.5. The van der Waals surface area contributed by atoms with Crippen LogP contribution in [0.1, 0.15) is 21.5 Å². The van der Waals surface area contributed by atoms with E-state index in [1.807, 2.05) is 84.9 Å². The van der Waals surface area contributed by atoms with Gasteiger partial charge in [0.15, 0.2) is 0 Å². The van der Waals surface area contributed by atoms with E-state index in [1.54, 1.807) is 12.1 Å². The van der Waals surface area contributed by atoms with Crippen LogP contribution >= 0.6 is 0 Å². The van der Waals surface area contributed by atoms with Gasteiger partial charge in [0.25, 0.3) is 5.91 Å². The van der Waals surface area contributed by atoms with Crippen LogP contribution in [-0.4, -0.2) is 12.5 Å². The van der Waals surface area contributed by atoms with Crippen LogP contribution in [0.2, 0.25) is 0 Å². The summed E-state index contributed by atoms with van der Waals surface area (Å²) in [5.41, 5.74) is 3.63. The molecule has 1 amide bonds. The van der Waals surface area contributed by atoms with Gasteiger partial charge >= 0.3 is 0 Å². The highest BCUT2D eigenvalue weighted by Crippen LogP contribution is 2.18. The molecule has 0 aliphatic rings. The number of ether oxygens (including phenoxy) is 2. The Hall–Kier alpha value is -4.05. The number of nitrogens with one attached hydrogen (secondary N) is 1. The van der Waals surface area contributed by atoms with E-state index in [9.17, 15) is 4.79 Å². The maximum absolute atomic E-state index is 12.5. The predicted molar refractivity (Wildman–Crippen MR) is 127 cm³/mol. The zero-order chi connectivity index (χ0) is 22.0. The number of amides is 1. The molecule has 0 heterocycles. The fourth-order valence-corrected chi connectivity index (χ4v) is 3.21. The second-order valence-corrected chi connectivity index (χ2v) is 7.36. The van der Waals surface area contributed by atoms with Crippen molar-refractivity contribution in [1.29, 1.82) is 0 Å². The summed E-state index contributed by atoms with van der Waals surface area (Å²) in [6.45, 7) is 1.10. The van der Waals surface area contributed by atoms with Gasteiger partial charge in [-0.3, -0.25) is 4.79 Å². The van der Waals surface area contributed by atoms with E-state index in [4.69, 9.17) is 9.47 Å². The molecule has 160 valence electrons. The van der Waals surface area contributed by atoms with Crippen LogP contribution < -0.4 is 14.8 Å². The van der Waals surface area contributed by atoms with Gasteiger partial charge in [-0.25, -0.2) is 0 Å². The third kappa shape index (κ3) is 6.22. The first-order valence-electron chi connectivity index (χ1n) is 10.6. The molecule has 0 fully saturated rings. The standard InChI is InChI=1S/C28H25NO3/c30-28(24-11-15-27(16-12-24)32-21-23-9-5-2-6-10-23)29-25-13-17-26(18-14-25)31-20-19-22-7-3-1-4-8-22/h1-18H,19-21H2,(H,29,30). The Morgan fingerprint density at radius 1 is 0.625 bits per heavy atom. The second kappa shape index (κ2) is 10.8. The van der Waals surface area contributed by atoms with E-state index in [0.717, 1.165) is 29.2 Å². The van der Waals surface area contributed by atoms with Crippen molar-refractivity contribution in [2.45, 2.75) is 13.0 Å². The smallest absolute Gasteiger partial charge is 0.255 e. The molecule has 0 unspecified atom stereocenters. The number of hydrogen-bond donors (Lipinski definition) is 1. The highest BCUT2D eigenvalue weighted by Gasteiger charge is 2.07. The molecule has 0 atom stereocenters. The van der Waals surface area contributed by atoms with Crippen LogP contribution in [0.5, 0.6) is 11.5 Å².